The molecule has 1 rings (SSSR count). The summed E-state index contributed by atoms with van der Waals surface area (Å²) in [6, 6.07) is 4.04. The highest BCUT2D eigenvalue weighted by molar-refractivity contribution is 7.07. The van der Waals surface area contributed by atoms with Crippen LogP contribution in [0.25, 0.3) is 0 Å². The summed E-state index contributed by atoms with van der Waals surface area (Å²) in [5.74, 6) is 0. The maximum atomic E-state index is 2.04. The Hall–Kier alpha value is -0.300. The first kappa shape index (κ1) is 5.70. The van der Waals surface area contributed by atoms with E-state index in [1.54, 1.807) is 11.3 Å². The van der Waals surface area contributed by atoms with Gasteiger partial charge in [0.05, 0.1) is 0 Å². The minimum Gasteiger partial charge on any atom is -0.152 e. The molecule has 0 saturated heterocycles. The number of thiophene rings is 1. The Kier molecular flexibility index (Phi) is 2.77. The second-order valence-corrected chi connectivity index (χ2v) is 1.61. The van der Waals surface area contributed by atoms with Crippen LogP contribution in [-0.4, -0.2) is 0 Å². The Morgan fingerprint density at radius 3 is 1.67 bits per heavy atom. The van der Waals surface area contributed by atoms with Crippen molar-refractivity contribution >= 4 is 11.3 Å². The van der Waals surface area contributed by atoms with Crippen LogP contribution in [0.1, 0.15) is 0 Å². The number of hydrogen-bond donors (Lipinski definition) is 0. The summed E-state index contributed by atoms with van der Waals surface area (Å²) < 4.78 is 0. The van der Waals surface area contributed by atoms with Gasteiger partial charge in [0.15, 0.2) is 0 Å². The molecule has 0 aliphatic heterocycles. The zero-order chi connectivity index (χ0) is 3.54. The van der Waals surface area contributed by atoms with E-state index in [4.69, 9.17) is 0 Å². The lowest BCUT2D eigenvalue weighted by atomic mass is 10.7. The summed E-state index contributed by atoms with van der Waals surface area (Å²) in [6.45, 7) is 0. The second-order valence-electron chi connectivity index (χ2n) is 0.793. The fraction of sp³-hybridized carbons (Fsp3) is 0. The third-order valence-corrected chi connectivity index (χ3v) is 1.05. The van der Waals surface area contributed by atoms with Crippen LogP contribution in [0, 0.1) is 7.43 Å². The molecule has 4 radical (unpaired) electrons. The maximum Gasteiger partial charge on any atom is 0 e. The first-order valence-corrected chi connectivity index (χ1v) is 2.41. The van der Waals surface area contributed by atoms with E-state index in [-0.39, 0.29) is 7.43 Å². The van der Waals surface area contributed by atoms with Crippen molar-refractivity contribution in [2.75, 3.05) is 0 Å². The molecule has 1 aromatic rings. The van der Waals surface area contributed by atoms with Gasteiger partial charge in [0.25, 0.3) is 0 Å². The lowest BCUT2D eigenvalue weighted by molar-refractivity contribution is 2.03. The summed E-state index contributed by atoms with van der Waals surface area (Å²) >= 11 is 1.71. The fourth-order valence-corrected chi connectivity index (χ4v) is 0.680. The molecule has 0 N–H and O–H groups in total. The molecule has 0 atom stereocenters. The van der Waals surface area contributed by atoms with Gasteiger partial charge < -0.3 is 0 Å². The van der Waals surface area contributed by atoms with E-state index in [1.807, 2.05) is 22.9 Å². The second kappa shape index (κ2) is 2.91. The lowest BCUT2D eigenvalue weighted by Crippen LogP contribution is -1.16. The van der Waals surface area contributed by atoms with Crippen molar-refractivity contribution in [3.63, 3.8) is 0 Å². The van der Waals surface area contributed by atoms with Crippen molar-refractivity contribution in [1.82, 2.24) is 0 Å². The van der Waals surface area contributed by atoms with Gasteiger partial charge >= 0.3 is 0 Å². The maximum absolute atomic E-state index is 2.04. The molecule has 1 heteroatoms. The van der Waals surface area contributed by atoms with Gasteiger partial charge in [-0.1, -0.05) is 12.1 Å². The van der Waals surface area contributed by atoms with Gasteiger partial charge in [0, 0.05) is 7.43 Å². The zero-order valence-electron chi connectivity index (χ0n) is 3.22. The largest absolute Gasteiger partial charge is 0.152 e. The van der Waals surface area contributed by atoms with Crippen LogP contribution in [0.5, 0.6) is 0 Å². The van der Waals surface area contributed by atoms with Crippen LogP contribution in [0.2, 0.25) is 0 Å². The topological polar surface area (TPSA) is 0 Å². The monoisotopic (exact) mass is 96.0 g/mol. The third kappa shape index (κ3) is 1.22. The normalized spacial score (nSPS) is 6.67. The van der Waals surface area contributed by atoms with E-state index >= 15 is 0 Å². The van der Waals surface area contributed by atoms with Crippen LogP contribution in [0.4, 0.5) is 0 Å². The molecular formula is C5H4S. The molecule has 1 aromatic heterocycles. The van der Waals surface area contributed by atoms with Gasteiger partial charge in [-0.05, 0) is 10.8 Å². The Morgan fingerprint density at radius 2 is 1.50 bits per heavy atom. The minimum absolute atomic E-state index is 0. The van der Waals surface area contributed by atoms with E-state index in [2.05, 4.69) is 0 Å². The third-order valence-electron chi connectivity index (χ3n) is 0.425. The zero-order valence-corrected chi connectivity index (χ0v) is 4.03. The van der Waals surface area contributed by atoms with Gasteiger partial charge in [-0.25, -0.2) is 0 Å². The molecule has 6 heavy (non-hydrogen) atoms. The highest BCUT2D eigenvalue weighted by Gasteiger charge is 1.58. The average molecular weight is 96.2 g/mol. The molecule has 0 saturated carbocycles. The molecule has 0 aromatic carbocycles. The summed E-state index contributed by atoms with van der Waals surface area (Å²) in [5, 5.41) is 4.08. The van der Waals surface area contributed by atoms with Crippen LogP contribution in [0.3, 0.4) is 0 Å². The molecule has 1 heterocycles. The molecule has 30 valence electrons. The Morgan fingerprint density at radius 1 is 1.00 bits per heavy atom. The van der Waals surface area contributed by atoms with Crippen LogP contribution < -0.4 is 0 Å². The van der Waals surface area contributed by atoms with E-state index in [1.165, 1.54) is 0 Å². The molecule has 0 fully saturated rings. The van der Waals surface area contributed by atoms with Crippen LogP contribution in [-0.2, 0) is 0 Å². The Balaban J connectivity index is 0.000000250. The predicted octanol–water partition coefficient (Wildman–Crippen LogP) is 1.83. The van der Waals surface area contributed by atoms with Crippen LogP contribution >= 0.6 is 11.3 Å². The summed E-state index contributed by atoms with van der Waals surface area (Å²) in [5.41, 5.74) is 0. The van der Waals surface area contributed by atoms with E-state index in [0.29, 0.717) is 0 Å². The molecule has 0 aliphatic carbocycles. The predicted molar refractivity (Wildman–Crippen MR) is 27.6 cm³/mol. The van der Waals surface area contributed by atoms with Gasteiger partial charge in [-0.15, -0.1) is 0 Å². The van der Waals surface area contributed by atoms with Crippen molar-refractivity contribution in [3.05, 3.63) is 30.3 Å². The van der Waals surface area contributed by atoms with E-state index in [9.17, 15) is 0 Å². The first-order valence-electron chi connectivity index (χ1n) is 1.47. The number of rotatable bonds is 0. The van der Waals surface area contributed by atoms with E-state index in [0.717, 1.165) is 0 Å². The molecule has 0 amide bonds. The van der Waals surface area contributed by atoms with Gasteiger partial charge in [0.1, 0.15) is 0 Å². The van der Waals surface area contributed by atoms with Crippen molar-refractivity contribution in [2.24, 2.45) is 0 Å². The first-order chi connectivity index (χ1) is 2.50. The smallest absolute Gasteiger partial charge is 0 e. The van der Waals surface area contributed by atoms with Crippen molar-refractivity contribution in [3.8, 4) is 0 Å². The lowest BCUT2D eigenvalue weighted by Gasteiger charge is -1.39. The quantitative estimate of drug-likeness (QED) is 0.462. The Labute approximate surface area is 42.4 Å². The molecular weight excluding hydrogens is 92.1 g/mol. The summed E-state index contributed by atoms with van der Waals surface area (Å²) in [7, 11) is 0. The van der Waals surface area contributed by atoms with E-state index < -0.39 is 0 Å². The Bertz CT molecular complexity index is 60.4. The summed E-state index contributed by atoms with van der Waals surface area (Å²) in [6.07, 6.45) is 0. The molecule has 0 nitrogen and oxygen atoms in total. The van der Waals surface area contributed by atoms with Gasteiger partial charge in [-0.3, -0.25) is 0 Å². The summed E-state index contributed by atoms with van der Waals surface area (Å²) in [4.78, 5) is 0. The molecule has 0 bridgehead atoms. The van der Waals surface area contributed by atoms with Crippen molar-refractivity contribution in [2.45, 2.75) is 0 Å². The standard InChI is InChI=1S/C4H4S.C/c1-2-4-5-3-1;/h1-4H;. The number of hydrogen-bond acceptors (Lipinski definition) is 1. The molecule has 0 spiro atoms. The fourth-order valence-electron chi connectivity index (χ4n) is 0.227. The van der Waals surface area contributed by atoms with Gasteiger partial charge in [-0.2, -0.15) is 11.3 Å². The highest BCUT2D eigenvalue weighted by atomic mass is 32.1. The minimum atomic E-state index is 0. The SMILES string of the molecule is [C].c1ccsc1. The molecule has 0 unspecified atom stereocenters. The van der Waals surface area contributed by atoms with Gasteiger partial charge in [0.2, 0.25) is 0 Å². The highest BCUT2D eigenvalue weighted by Crippen LogP contribution is 1.91. The molecule has 0 aliphatic rings. The van der Waals surface area contributed by atoms with Crippen LogP contribution in [0.15, 0.2) is 22.9 Å². The van der Waals surface area contributed by atoms with Crippen molar-refractivity contribution in [1.29, 1.82) is 0 Å². The average Bonchev–Trinajstić information content (AvgIpc) is 1.76. The van der Waals surface area contributed by atoms with Crippen molar-refractivity contribution < 1.29 is 0 Å².